The molecule has 1 aliphatic rings. The van der Waals surface area contributed by atoms with Gasteiger partial charge in [0.1, 0.15) is 10.7 Å². The van der Waals surface area contributed by atoms with Crippen LogP contribution in [-0.2, 0) is 0 Å². The van der Waals surface area contributed by atoms with Crippen LogP contribution in [0.5, 0.6) is 5.75 Å². The molecule has 3 nitrogen and oxygen atoms in total. The predicted octanol–water partition coefficient (Wildman–Crippen LogP) is 3.80. The number of likely N-dealkylation sites (N-methyl/N-ethyl adjacent to an activating group) is 1. The van der Waals surface area contributed by atoms with Crippen LogP contribution in [0.1, 0.15) is 19.4 Å². The van der Waals surface area contributed by atoms with Crippen molar-refractivity contribution < 1.29 is 4.74 Å². The van der Waals surface area contributed by atoms with Gasteiger partial charge in [0.15, 0.2) is 0 Å². The molecule has 0 aromatic heterocycles. The van der Waals surface area contributed by atoms with E-state index in [1.54, 1.807) is 0 Å². The minimum atomic E-state index is 0.509. The van der Waals surface area contributed by atoms with Gasteiger partial charge in [0.05, 0.1) is 6.61 Å². The minimum absolute atomic E-state index is 0.509. The Balaban J connectivity index is 1.91. The first kappa shape index (κ1) is 17.2. The molecule has 1 saturated heterocycles. The zero-order chi connectivity index (χ0) is 17.1. The van der Waals surface area contributed by atoms with E-state index in [9.17, 15) is 0 Å². The topological polar surface area (TPSA) is 15.7 Å². The summed E-state index contributed by atoms with van der Waals surface area (Å²) in [6, 6.07) is 12.6. The predicted molar refractivity (Wildman–Crippen MR) is 105 cm³/mol. The molecule has 3 rings (SSSR count). The van der Waals surface area contributed by atoms with Gasteiger partial charge in [-0.1, -0.05) is 50.3 Å². The van der Waals surface area contributed by atoms with E-state index in [0.717, 1.165) is 54.5 Å². The van der Waals surface area contributed by atoms with E-state index < -0.39 is 0 Å². The Kier molecular flexibility index (Phi) is 5.36. The summed E-state index contributed by atoms with van der Waals surface area (Å²) in [5.41, 5.74) is 1.14. The molecule has 0 bridgehead atoms. The normalized spacial score (nSPS) is 15.9. The Bertz CT molecular complexity index is 721. The van der Waals surface area contributed by atoms with E-state index in [4.69, 9.17) is 17.0 Å². The lowest BCUT2D eigenvalue weighted by Gasteiger charge is -2.34. The molecule has 0 spiro atoms. The lowest BCUT2D eigenvalue weighted by Crippen LogP contribution is -2.46. The molecule has 0 radical (unpaired) electrons. The van der Waals surface area contributed by atoms with E-state index in [-0.39, 0.29) is 0 Å². The first-order valence-electron chi connectivity index (χ1n) is 8.68. The van der Waals surface area contributed by atoms with E-state index in [0.29, 0.717) is 5.92 Å². The third kappa shape index (κ3) is 3.70. The van der Waals surface area contributed by atoms with Gasteiger partial charge in [-0.2, -0.15) is 0 Å². The molecule has 2 aromatic rings. The fourth-order valence-electron chi connectivity index (χ4n) is 3.02. The highest BCUT2D eigenvalue weighted by atomic mass is 32.1. The summed E-state index contributed by atoms with van der Waals surface area (Å²) in [5, 5.41) is 2.33. The fourth-order valence-corrected chi connectivity index (χ4v) is 3.38. The number of nitrogens with zero attached hydrogens (tertiary/aromatic N) is 2. The zero-order valence-corrected chi connectivity index (χ0v) is 15.6. The summed E-state index contributed by atoms with van der Waals surface area (Å²) in [7, 11) is 2.16. The number of hydrogen-bond donors (Lipinski definition) is 0. The van der Waals surface area contributed by atoms with Crippen LogP contribution in [0.25, 0.3) is 10.8 Å². The summed E-state index contributed by atoms with van der Waals surface area (Å²) in [4.78, 5) is 5.63. The Morgan fingerprint density at radius 2 is 1.71 bits per heavy atom. The summed E-state index contributed by atoms with van der Waals surface area (Å²) in [5.74, 6) is 1.46. The molecule has 1 aliphatic heterocycles. The molecular formula is C20H26N2OS. The second-order valence-electron chi connectivity index (χ2n) is 6.96. The molecule has 4 heteroatoms. The molecular weight excluding hydrogens is 316 g/mol. The van der Waals surface area contributed by atoms with Crippen molar-refractivity contribution in [2.45, 2.75) is 13.8 Å². The van der Waals surface area contributed by atoms with Gasteiger partial charge in [-0.3, -0.25) is 0 Å². The number of piperazine rings is 1. The maximum absolute atomic E-state index is 6.01. The van der Waals surface area contributed by atoms with Crippen LogP contribution in [0, 0.1) is 5.92 Å². The highest BCUT2D eigenvalue weighted by Gasteiger charge is 2.19. The Morgan fingerprint density at radius 1 is 1.04 bits per heavy atom. The smallest absolute Gasteiger partial charge is 0.127 e. The van der Waals surface area contributed by atoms with Crippen LogP contribution in [-0.4, -0.2) is 54.6 Å². The summed E-state index contributed by atoms with van der Waals surface area (Å²) >= 11 is 5.82. The highest BCUT2D eigenvalue weighted by molar-refractivity contribution is 7.80. The summed E-state index contributed by atoms with van der Waals surface area (Å²) < 4.78 is 6.01. The Labute approximate surface area is 150 Å². The lowest BCUT2D eigenvalue weighted by molar-refractivity contribution is 0.218. The van der Waals surface area contributed by atoms with Crippen molar-refractivity contribution in [1.29, 1.82) is 0 Å². The van der Waals surface area contributed by atoms with E-state index in [1.165, 1.54) is 5.39 Å². The second kappa shape index (κ2) is 7.49. The number of fused-ring (bicyclic) bond motifs is 1. The van der Waals surface area contributed by atoms with Gasteiger partial charge >= 0.3 is 0 Å². The number of thiocarbonyl (C=S) groups is 1. The van der Waals surface area contributed by atoms with Gasteiger partial charge in [-0.05, 0) is 30.5 Å². The SMILES string of the molecule is CC(C)COc1ccc(C(=S)N2CCN(C)CC2)c2ccccc12. The number of hydrogen-bond acceptors (Lipinski definition) is 3. The zero-order valence-electron chi connectivity index (χ0n) is 14.8. The van der Waals surface area contributed by atoms with Crippen LogP contribution in [0.3, 0.4) is 0 Å². The first-order chi connectivity index (χ1) is 11.6. The fraction of sp³-hybridized carbons (Fsp3) is 0.450. The lowest BCUT2D eigenvalue weighted by atomic mass is 10.0. The van der Waals surface area contributed by atoms with Crippen LogP contribution >= 0.6 is 12.2 Å². The van der Waals surface area contributed by atoms with Crippen molar-refractivity contribution in [3.8, 4) is 5.75 Å². The molecule has 0 N–H and O–H groups in total. The van der Waals surface area contributed by atoms with Gasteiger partial charge < -0.3 is 14.5 Å². The molecule has 0 amide bonds. The standard InChI is InChI=1S/C20H26N2OS/c1-15(2)14-23-19-9-8-18(16-6-4-5-7-17(16)19)20(24)22-12-10-21(3)11-13-22/h4-9,15H,10-14H2,1-3H3. The largest absolute Gasteiger partial charge is 0.493 e. The van der Waals surface area contributed by atoms with Crippen molar-refractivity contribution in [3.05, 3.63) is 42.0 Å². The molecule has 0 saturated carbocycles. The average molecular weight is 343 g/mol. The minimum Gasteiger partial charge on any atom is -0.493 e. The third-order valence-corrected chi connectivity index (χ3v) is 4.96. The maximum Gasteiger partial charge on any atom is 0.127 e. The van der Waals surface area contributed by atoms with Crippen molar-refractivity contribution in [2.24, 2.45) is 5.92 Å². The molecule has 0 atom stereocenters. The van der Waals surface area contributed by atoms with Crippen LogP contribution in [0.15, 0.2) is 36.4 Å². The number of ether oxygens (including phenoxy) is 1. The summed E-state index contributed by atoms with van der Waals surface area (Å²) in [6.07, 6.45) is 0. The Hall–Kier alpha value is -1.65. The van der Waals surface area contributed by atoms with E-state index in [2.05, 4.69) is 67.1 Å². The van der Waals surface area contributed by atoms with Gasteiger partial charge in [-0.15, -0.1) is 0 Å². The molecule has 1 fully saturated rings. The second-order valence-corrected chi connectivity index (χ2v) is 7.34. The van der Waals surface area contributed by atoms with Crippen molar-refractivity contribution in [2.75, 3.05) is 39.8 Å². The van der Waals surface area contributed by atoms with Gasteiger partial charge in [-0.25, -0.2) is 0 Å². The van der Waals surface area contributed by atoms with Gasteiger partial charge in [0.2, 0.25) is 0 Å². The maximum atomic E-state index is 6.01. The van der Waals surface area contributed by atoms with Gasteiger partial charge in [0.25, 0.3) is 0 Å². The highest BCUT2D eigenvalue weighted by Crippen LogP contribution is 2.30. The molecule has 2 aromatic carbocycles. The molecule has 0 unspecified atom stereocenters. The van der Waals surface area contributed by atoms with Gasteiger partial charge in [0, 0.05) is 37.1 Å². The van der Waals surface area contributed by atoms with E-state index in [1.807, 2.05) is 0 Å². The quantitative estimate of drug-likeness (QED) is 0.785. The van der Waals surface area contributed by atoms with Crippen LogP contribution in [0.4, 0.5) is 0 Å². The van der Waals surface area contributed by atoms with Crippen molar-refractivity contribution >= 4 is 28.0 Å². The Morgan fingerprint density at radius 3 is 2.38 bits per heavy atom. The number of rotatable bonds is 4. The molecule has 0 aliphatic carbocycles. The monoisotopic (exact) mass is 342 g/mol. The molecule has 24 heavy (non-hydrogen) atoms. The summed E-state index contributed by atoms with van der Waals surface area (Å²) in [6.45, 7) is 9.18. The van der Waals surface area contributed by atoms with Crippen LogP contribution < -0.4 is 4.74 Å². The van der Waals surface area contributed by atoms with Crippen molar-refractivity contribution in [3.63, 3.8) is 0 Å². The van der Waals surface area contributed by atoms with Crippen LogP contribution in [0.2, 0.25) is 0 Å². The van der Waals surface area contributed by atoms with Crippen molar-refractivity contribution in [1.82, 2.24) is 9.80 Å². The average Bonchev–Trinajstić information content (AvgIpc) is 2.59. The third-order valence-electron chi connectivity index (χ3n) is 4.48. The number of benzene rings is 2. The molecule has 1 heterocycles. The van der Waals surface area contributed by atoms with E-state index >= 15 is 0 Å². The first-order valence-corrected chi connectivity index (χ1v) is 9.09. The molecule has 128 valence electrons.